The Balaban J connectivity index is 1.48. The van der Waals surface area contributed by atoms with Gasteiger partial charge in [0.15, 0.2) is 11.6 Å². The van der Waals surface area contributed by atoms with Crippen LogP contribution in [-0.4, -0.2) is 65.3 Å². The molecule has 9 nitrogen and oxygen atoms in total. The van der Waals surface area contributed by atoms with Gasteiger partial charge in [0.25, 0.3) is 5.91 Å². The molecule has 1 aromatic heterocycles. The van der Waals surface area contributed by atoms with Crippen molar-refractivity contribution in [3.63, 3.8) is 0 Å². The van der Waals surface area contributed by atoms with Crippen molar-refractivity contribution in [3.05, 3.63) is 59.3 Å². The van der Waals surface area contributed by atoms with Gasteiger partial charge in [-0.15, -0.1) is 0 Å². The molecule has 3 amide bonds. The number of benzene rings is 2. The second-order valence-corrected chi connectivity index (χ2v) is 10.8. The molecule has 2 aliphatic rings. The number of nitrogens with zero attached hydrogens (tertiary/aromatic N) is 3. The van der Waals surface area contributed by atoms with E-state index in [0.717, 1.165) is 11.6 Å². The average Bonchev–Trinajstić information content (AvgIpc) is 3.63. The summed E-state index contributed by atoms with van der Waals surface area (Å²) in [4.78, 5) is 46.0. The molecule has 2 aromatic carbocycles. The first-order chi connectivity index (χ1) is 19.0. The number of aromatic nitrogens is 1. The molecule has 3 aromatic rings. The maximum atomic E-state index is 14.8. The highest BCUT2D eigenvalue weighted by Crippen LogP contribution is 2.46. The van der Waals surface area contributed by atoms with Crippen molar-refractivity contribution in [1.29, 1.82) is 5.26 Å². The molecule has 11 heteroatoms. The van der Waals surface area contributed by atoms with Gasteiger partial charge in [-0.3, -0.25) is 14.4 Å². The Morgan fingerprint density at radius 3 is 2.67 bits per heavy atom. The van der Waals surface area contributed by atoms with Crippen molar-refractivity contribution >= 4 is 34.3 Å². The normalized spacial score (nSPS) is 20.5. The van der Waals surface area contributed by atoms with Gasteiger partial charge in [0.05, 0.1) is 24.1 Å². The van der Waals surface area contributed by atoms with Crippen molar-refractivity contribution in [2.75, 3.05) is 26.0 Å². The zero-order valence-corrected chi connectivity index (χ0v) is 22.5. The van der Waals surface area contributed by atoms with Gasteiger partial charge in [0.1, 0.15) is 23.6 Å². The summed E-state index contributed by atoms with van der Waals surface area (Å²) in [6, 6.07) is 9.60. The van der Waals surface area contributed by atoms with Crippen molar-refractivity contribution in [3.8, 4) is 11.8 Å². The third kappa shape index (κ3) is 4.15. The second-order valence-electron chi connectivity index (χ2n) is 10.8. The molecular weight excluding hydrogens is 520 g/mol. The van der Waals surface area contributed by atoms with Crippen molar-refractivity contribution < 1.29 is 27.9 Å². The Labute approximate surface area is 229 Å². The number of methoxy groups -OCH3 is 1. The van der Waals surface area contributed by atoms with Gasteiger partial charge in [-0.25, -0.2) is 8.78 Å². The molecule has 2 aliphatic heterocycles. The van der Waals surface area contributed by atoms with Crippen LogP contribution in [0.5, 0.6) is 5.75 Å². The Hall–Kier alpha value is -4.46. The first-order valence-corrected chi connectivity index (χ1v) is 12.9. The van der Waals surface area contributed by atoms with E-state index in [4.69, 9.17) is 4.74 Å². The number of ether oxygens (including phenoxy) is 1. The molecule has 3 heterocycles. The molecule has 3 atom stereocenters. The molecular formula is C29H29F2N5O4. The SMILES string of the molecule is COc1cc(F)c2cc(C(=O)N(C)[C@@H](CC(C)C)C(=O)N3C[C@]4(C[C@H]3C#N)C(=O)Nc3ccccc34)[nH]c2c1F. The number of rotatable bonds is 6. The quantitative estimate of drug-likeness (QED) is 0.483. The minimum absolute atomic E-state index is 0.00780. The third-order valence-corrected chi connectivity index (χ3v) is 7.90. The van der Waals surface area contributed by atoms with Gasteiger partial charge < -0.3 is 24.8 Å². The number of para-hydroxylation sites is 1. The van der Waals surface area contributed by atoms with Crippen LogP contribution in [0.4, 0.5) is 14.5 Å². The van der Waals surface area contributed by atoms with Gasteiger partial charge in [-0.05, 0) is 30.0 Å². The molecule has 40 heavy (non-hydrogen) atoms. The molecule has 0 unspecified atom stereocenters. The predicted molar refractivity (Wildman–Crippen MR) is 143 cm³/mol. The number of amides is 3. The Morgan fingerprint density at radius 2 is 2.00 bits per heavy atom. The number of aromatic amines is 1. The fraction of sp³-hybridized carbons (Fsp3) is 0.379. The van der Waals surface area contributed by atoms with Crippen LogP contribution in [0.25, 0.3) is 10.9 Å². The number of likely N-dealkylation sites (tertiary alicyclic amines) is 1. The number of fused-ring (bicyclic) bond motifs is 3. The molecule has 0 bridgehead atoms. The minimum Gasteiger partial charge on any atom is -0.493 e. The maximum absolute atomic E-state index is 14.8. The van der Waals surface area contributed by atoms with Gasteiger partial charge in [-0.1, -0.05) is 32.0 Å². The van der Waals surface area contributed by atoms with Crippen LogP contribution in [0, 0.1) is 28.9 Å². The van der Waals surface area contributed by atoms with Crippen molar-refractivity contribution in [2.24, 2.45) is 5.92 Å². The molecule has 1 spiro atoms. The van der Waals surface area contributed by atoms with Crippen molar-refractivity contribution in [1.82, 2.24) is 14.8 Å². The second kappa shape index (κ2) is 9.93. The number of hydrogen-bond acceptors (Lipinski definition) is 5. The molecule has 1 saturated heterocycles. The first-order valence-electron chi connectivity index (χ1n) is 12.9. The van der Waals surface area contributed by atoms with Crippen LogP contribution >= 0.6 is 0 Å². The van der Waals surface area contributed by atoms with Crippen LogP contribution in [0.3, 0.4) is 0 Å². The zero-order valence-electron chi connectivity index (χ0n) is 22.5. The minimum atomic E-state index is -1.07. The predicted octanol–water partition coefficient (Wildman–Crippen LogP) is 3.96. The number of H-pyrrole nitrogens is 1. The van der Waals surface area contributed by atoms with E-state index in [1.807, 2.05) is 26.0 Å². The van der Waals surface area contributed by atoms with Gasteiger partial charge in [-0.2, -0.15) is 5.26 Å². The molecule has 0 radical (unpaired) electrons. The molecule has 0 saturated carbocycles. The van der Waals surface area contributed by atoms with Crippen LogP contribution in [0.15, 0.2) is 36.4 Å². The highest BCUT2D eigenvalue weighted by Gasteiger charge is 2.56. The Bertz CT molecular complexity index is 1580. The number of nitrogens with one attached hydrogen (secondary N) is 2. The Kier molecular flexibility index (Phi) is 6.74. The zero-order chi connectivity index (χ0) is 28.9. The summed E-state index contributed by atoms with van der Waals surface area (Å²) in [5, 5.41) is 12.7. The number of halogens is 2. The standard InChI is InChI=1S/C29H29F2N5O4/c1-15(2)9-22(35(3)26(37)21-10-17-19(30)11-23(40-4)24(31)25(17)33-21)27(38)36-14-29(12-16(36)13-32)18-7-5-6-8-20(18)34-28(29)39/h5-8,10-11,15-16,22,33H,9,12,14H2,1-4H3,(H,34,39)/t16-,22-,29-/m0/s1. The van der Waals surface area contributed by atoms with E-state index in [1.54, 1.807) is 12.1 Å². The number of carbonyl (C=O) groups excluding carboxylic acids is 3. The number of carbonyl (C=O) groups is 3. The fourth-order valence-corrected chi connectivity index (χ4v) is 5.84. The summed E-state index contributed by atoms with van der Waals surface area (Å²) < 4.78 is 34.3. The maximum Gasteiger partial charge on any atom is 0.270 e. The number of likely N-dealkylation sites (N-methyl/N-ethyl adjacent to an activating group) is 1. The lowest BCUT2D eigenvalue weighted by atomic mass is 9.80. The highest BCUT2D eigenvalue weighted by atomic mass is 19.1. The van der Waals surface area contributed by atoms with Crippen LogP contribution in [0.1, 0.15) is 42.7 Å². The van der Waals surface area contributed by atoms with E-state index in [-0.39, 0.29) is 53.6 Å². The van der Waals surface area contributed by atoms with Crippen LogP contribution < -0.4 is 10.1 Å². The topological polar surface area (TPSA) is 119 Å². The van der Waals surface area contributed by atoms with E-state index in [0.29, 0.717) is 5.69 Å². The molecule has 208 valence electrons. The fourth-order valence-electron chi connectivity index (χ4n) is 5.84. The summed E-state index contributed by atoms with van der Waals surface area (Å²) in [7, 11) is 2.65. The van der Waals surface area contributed by atoms with Crippen LogP contribution in [-0.2, 0) is 15.0 Å². The molecule has 5 rings (SSSR count). The van der Waals surface area contributed by atoms with Gasteiger partial charge in [0.2, 0.25) is 11.8 Å². The van der Waals surface area contributed by atoms with Crippen molar-refractivity contribution in [2.45, 2.75) is 44.2 Å². The van der Waals surface area contributed by atoms with E-state index < -0.39 is 40.9 Å². The van der Waals surface area contributed by atoms with E-state index in [9.17, 15) is 28.4 Å². The van der Waals surface area contributed by atoms with E-state index in [1.165, 1.54) is 30.0 Å². The lowest BCUT2D eigenvalue weighted by molar-refractivity contribution is -0.136. The average molecular weight is 550 g/mol. The lowest BCUT2D eigenvalue weighted by Gasteiger charge is -2.33. The third-order valence-electron chi connectivity index (χ3n) is 7.90. The molecule has 0 aliphatic carbocycles. The van der Waals surface area contributed by atoms with E-state index in [2.05, 4.69) is 16.4 Å². The van der Waals surface area contributed by atoms with Gasteiger partial charge >= 0.3 is 0 Å². The Morgan fingerprint density at radius 1 is 1.27 bits per heavy atom. The van der Waals surface area contributed by atoms with Crippen LogP contribution in [0.2, 0.25) is 0 Å². The first kappa shape index (κ1) is 27.1. The number of anilines is 1. The highest BCUT2D eigenvalue weighted by molar-refractivity contribution is 6.07. The summed E-state index contributed by atoms with van der Waals surface area (Å²) >= 11 is 0. The number of nitriles is 1. The molecule has 2 N–H and O–H groups in total. The number of hydrogen-bond donors (Lipinski definition) is 2. The summed E-state index contributed by atoms with van der Waals surface area (Å²) in [5.41, 5.74) is -0.0123. The lowest BCUT2D eigenvalue weighted by Crippen LogP contribution is -2.52. The van der Waals surface area contributed by atoms with Gasteiger partial charge in [0, 0.05) is 37.2 Å². The monoisotopic (exact) mass is 549 g/mol. The smallest absolute Gasteiger partial charge is 0.270 e. The summed E-state index contributed by atoms with van der Waals surface area (Å²) in [6.45, 7) is 3.78. The summed E-state index contributed by atoms with van der Waals surface area (Å²) in [5.74, 6) is -3.33. The van der Waals surface area contributed by atoms with E-state index >= 15 is 0 Å². The summed E-state index contributed by atoms with van der Waals surface area (Å²) in [6.07, 6.45) is 0.398. The molecule has 1 fully saturated rings. The largest absolute Gasteiger partial charge is 0.493 e.